The number of hydrogen-bond donors (Lipinski definition) is 4. The van der Waals surface area contributed by atoms with Crippen LogP contribution in [-0.4, -0.2) is 43.8 Å². The first-order valence-electron chi connectivity index (χ1n) is 7.64. The molecule has 10 heteroatoms. The van der Waals surface area contributed by atoms with Crippen molar-refractivity contribution in [2.45, 2.75) is 24.9 Å². The maximum atomic E-state index is 12.3. The molecule has 1 aromatic heterocycles. The fraction of sp³-hybridized carbons (Fsp3) is 0.250. The van der Waals surface area contributed by atoms with Crippen molar-refractivity contribution < 1.29 is 24.5 Å². The maximum Gasteiger partial charge on any atom is 0.335 e. The highest BCUT2D eigenvalue weighted by Crippen LogP contribution is 2.28. The number of nitrogens with one attached hydrogen (secondary N) is 2. The van der Waals surface area contributed by atoms with Crippen LogP contribution >= 0.6 is 0 Å². The smallest absolute Gasteiger partial charge is 0.335 e. The predicted molar refractivity (Wildman–Crippen MR) is 87.9 cm³/mol. The van der Waals surface area contributed by atoms with Crippen molar-refractivity contribution in [1.29, 1.82) is 0 Å². The Kier molecular flexibility index (Phi) is 4.69. The molecule has 1 aliphatic heterocycles. The highest BCUT2D eigenvalue weighted by Gasteiger charge is 2.40. The second-order valence-corrected chi connectivity index (χ2v) is 5.70. The number of aromatic amines is 1. The number of hydrogen-bond acceptors (Lipinski definition) is 6. The molecule has 0 unspecified atom stereocenters. The molecular weight excluding hydrogens is 346 g/mol. The van der Waals surface area contributed by atoms with Gasteiger partial charge in [0.25, 0.3) is 11.5 Å². The van der Waals surface area contributed by atoms with Gasteiger partial charge in [-0.25, -0.2) is 9.59 Å². The number of aromatic carboxylic acids is 1. The highest BCUT2D eigenvalue weighted by atomic mass is 16.5. The molecule has 4 N–H and O–H groups in total. The van der Waals surface area contributed by atoms with Gasteiger partial charge in [-0.1, -0.05) is 0 Å². The van der Waals surface area contributed by atoms with E-state index in [0.29, 0.717) is 5.69 Å². The number of nitrogens with zero attached hydrogens (tertiary/aromatic N) is 1. The number of H-pyrrole nitrogens is 1. The van der Waals surface area contributed by atoms with Gasteiger partial charge in [0, 0.05) is 24.4 Å². The minimum atomic E-state index is -1.22. The number of aliphatic hydroxyl groups is 1. The number of aliphatic hydroxyl groups excluding tert-OH is 1. The lowest BCUT2D eigenvalue weighted by Crippen LogP contribution is -2.36. The van der Waals surface area contributed by atoms with Gasteiger partial charge in [0.15, 0.2) is 6.10 Å². The fourth-order valence-electron chi connectivity index (χ4n) is 2.62. The average Bonchev–Trinajstić information content (AvgIpc) is 2.97. The summed E-state index contributed by atoms with van der Waals surface area (Å²) in [5.41, 5.74) is -0.873. The van der Waals surface area contributed by atoms with Gasteiger partial charge in [0.05, 0.1) is 11.7 Å². The first-order valence-corrected chi connectivity index (χ1v) is 7.64. The van der Waals surface area contributed by atoms with E-state index in [0.717, 1.165) is 10.6 Å². The molecule has 1 fully saturated rings. The lowest BCUT2D eigenvalue weighted by Gasteiger charge is -2.16. The number of carbonyl (C=O) groups excluding carboxylic acids is 1. The lowest BCUT2D eigenvalue weighted by atomic mass is 10.1. The van der Waals surface area contributed by atoms with Gasteiger partial charge in [0.2, 0.25) is 0 Å². The van der Waals surface area contributed by atoms with Crippen molar-refractivity contribution in [1.82, 2.24) is 9.55 Å². The normalized spacial score (nSPS) is 22.1. The highest BCUT2D eigenvalue weighted by molar-refractivity contribution is 5.95. The van der Waals surface area contributed by atoms with Gasteiger partial charge in [0.1, 0.15) is 6.23 Å². The first-order chi connectivity index (χ1) is 12.3. The fourth-order valence-corrected chi connectivity index (χ4v) is 2.62. The van der Waals surface area contributed by atoms with E-state index in [2.05, 4.69) is 10.3 Å². The molecule has 1 amide bonds. The molecule has 1 aliphatic rings. The van der Waals surface area contributed by atoms with Crippen molar-refractivity contribution in [2.75, 3.05) is 5.32 Å². The number of carbonyl (C=O) groups is 2. The van der Waals surface area contributed by atoms with E-state index in [4.69, 9.17) is 9.84 Å². The average molecular weight is 361 g/mol. The quantitative estimate of drug-likeness (QED) is 0.574. The summed E-state index contributed by atoms with van der Waals surface area (Å²) in [6.45, 7) is 0. The maximum absolute atomic E-state index is 12.3. The van der Waals surface area contributed by atoms with Crippen LogP contribution in [0.1, 0.15) is 23.0 Å². The molecule has 1 aromatic carbocycles. The summed E-state index contributed by atoms with van der Waals surface area (Å²) in [5, 5.41) is 21.4. The molecule has 136 valence electrons. The summed E-state index contributed by atoms with van der Waals surface area (Å²) in [6.07, 6.45) is -2.07. The first kappa shape index (κ1) is 17.6. The van der Waals surface area contributed by atoms with Gasteiger partial charge in [-0.3, -0.25) is 19.1 Å². The van der Waals surface area contributed by atoms with Gasteiger partial charge >= 0.3 is 11.7 Å². The third kappa shape index (κ3) is 3.55. The van der Waals surface area contributed by atoms with E-state index in [1.54, 1.807) is 0 Å². The molecule has 2 heterocycles. The zero-order chi connectivity index (χ0) is 18.8. The molecule has 3 rings (SSSR count). The van der Waals surface area contributed by atoms with Crippen molar-refractivity contribution in [2.24, 2.45) is 0 Å². The van der Waals surface area contributed by atoms with E-state index in [9.17, 15) is 24.3 Å². The van der Waals surface area contributed by atoms with Crippen LogP contribution in [0, 0.1) is 0 Å². The van der Waals surface area contributed by atoms with Crippen LogP contribution in [0.25, 0.3) is 0 Å². The Balaban J connectivity index is 1.71. The predicted octanol–water partition coefficient (Wildman–Crippen LogP) is -0.478. The molecule has 26 heavy (non-hydrogen) atoms. The number of benzene rings is 1. The SMILES string of the molecule is O=C(O)c1ccc(NC(=O)[C@H]2O[C@@H](n3ccc(=O)[nH]c3=O)C[C@@H]2O)cc1. The van der Waals surface area contributed by atoms with E-state index in [1.165, 1.54) is 30.5 Å². The molecule has 0 aliphatic carbocycles. The largest absolute Gasteiger partial charge is 0.478 e. The number of anilines is 1. The summed E-state index contributed by atoms with van der Waals surface area (Å²) in [6, 6.07) is 6.60. The number of amides is 1. The second-order valence-electron chi connectivity index (χ2n) is 5.70. The summed E-state index contributed by atoms with van der Waals surface area (Å²) in [5.74, 6) is -1.73. The van der Waals surface area contributed by atoms with Crippen LogP contribution in [0.5, 0.6) is 0 Å². The van der Waals surface area contributed by atoms with Gasteiger partial charge in [-0.15, -0.1) is 0 Å². The Morgan fingerprint density at radius 2 is 1.88 bits per heavy atom. The van der Waals surface area contributed by atoms with Gasteiger partial charge < -0.3 is 20.3 Å². The van der Waals surface area contributed by atoms with Crippen LogP contribution in [0.2, 0.25) is 0 Å². The number of aromatic nitrogens is 2. The Labute approximate surface area is 145 Å². The topological polar surface area (TPSA) is 151 Å². The summed E-state index contributed by atoms with van der Waals surface area (Å²) >= 11 is 0. The minimum absolute atomic E-state index is 0.0119. The monoisotopic (exact) mass is 361 g/mol. The van der Waals surface area contributed by atoms with Crippen LogP contribution in [0.15, 0.2) is 46.1 Å². The van der Waals surface area contributed by atoms with Gasteiger partial charge in [-0.2, -0.15) is 0 Å². The lowest BCUT2D eigenvalue weighted by molar-refractivity contribution is -0.132. The Hall–Kier alpha value is -3.24. The van der Waals surface area contributed by atoms with Crippen LogP contribution in [0.4, 0.5) is 5.69 Å². The molecule has 0 bridgehead atoms. The third-order valence-electron chi connectivity index (χ3n) is 3.92. The molecule has 0 saturated carbocycles. The van der Waals surface area contributed by atoms with Crippen molar-refractivity contribution in [3.8, 4) is 0 Å². The zero-order valence-electron chi connectivity index (χ0n) is 13.3. The number of carboxylic acid groups (broad SMARTS) is 1. The van der Waals surface area contributed by atoms with Crippen LogP contribution in [0.3, 0.4) is 0 Å². The van der Waals surface area contributed by atoms with Crippen LogP contribution in [-0.2, 0) is 9.53 Å². The van der Waals surface area contributed by atoms with Crippen molar-refractivity contribution in [3.05, 3.63) is 62.9 Å². The summed E-state index contributed by atoms with van der Waals surface area (Å²) in [7, 11) is 0. The Bertz CT molecular complexity index is 947. The molecule has 0 spiro atoms. The van der Waals surface area contributed by atoms with E-state index >= 15 is 0 Å². The molecule has 2 aromatic rings. The zero-order valence-corrected chi connectivity index (χ0v) is 13.3. The van der Waals surface area contributed by atoms with Crippen molar-refractivity contribution >= 4 is 17.6 Å². The van der Waals surface area contributed by atoms with E-state index in [1.807, 2.05) is 0 Å². The Morgan fingerprint density at radius 1 is 1.19 bits per heavy atom. The minimum Gasteiger partial charge on any atom is -0.478 e. The molecule has 10 nitrogen and oxygen atoms in total. The summed E-state index contributed by atoms with van der Waals surface area (Å²) in [4.78, 5) is 48.1. The summed E-state index contributed by atoms with van der Waals surface area (Å²) < 4.78 is 6.54. The van der Waals surface area contributed by atoms with Gasteiger partial charge in [-0.05, 0) is 24.3 Å². The molecule has 1 saturated heterocycles. The van der Waals surface area contributed by atoms with Crippen molar-refractivity contribution in [3.63, 3.8) is 0 Å². The third-order valence-corrected chi connectivity index (χ3v) is 3.92. The van der Waals surface area contributed by atoms with E-state index in [-0.39, 0.29) is 12.0 Å². The van der Waals surface area contributed by atoms with E-state index < -0.39 is 41.6 Å². The number of rotatable bonds is 4. The van der Waals surface area contributed by atoms with Crippen LogP contribution < -0.4 is 16.6 Å². The molecule has 0 radical (unpaired) electrons. The number of ether oxygens (including phenoxy) is 1. The number of carboxylic acids is 1. The standard InChI is InChI=1S/C16H15N3O7/c20-10-7-12(19-6-5-11(21)18-16(19)25)26-13(10)14(22)17-9-3-1-8(2-4-9)15(23)24/h1-6,10,12-13,20H,7H2,(H,17,22)(H,23,24)(H,18,21,25)/t10-,12+,13-/m0/s1. The molecule has 3 atom stereocenters. The Morgan fingerprint density at radius 3 is 2.50 bits per heavy atom. The molecular formula is C16H15N3O7. The second kappa shape index (κ2) is 6.94.